The van der Waals surface area contributed by atoms with E-state index in [1.165, 1.54) is 0 Å². The summed E-state index contributed by atoms with van der Waals surface area (Å²) in [4.78, 5) is 11.1. The van der Waals surface area contributed by atoms with E-state index < -0.39 is 0 Å². The van der Waals surface area contributed by atoms with Crippen LogP contribution < -0.4 is 11.1 Å². The average molecular weight is 158 g/mol. The van der Waals surface area contributed by atoms with Gasteiger partial charge in [0.15, 0.2) is 0 Å². The molecule has 1 aliphatic heterocycles. The molecular formula is C7H14N2O2. The van der Waals surface area contributed by atoms with E-state index in [4.69, 9.17) is 10.5 Å². The molecule has 1 saturated heterocycles. The maximum absolute atomic E-state index is 11.1. The third kappa shape index (κ3) is 1.91. The second-order valence-corrected chi connectivity index (χ2v) is 2.64. The van der Waals surface area contributed by atoms with Crippen LogP contribution in [0.5, 0.6) is 0 Å². The first-order chi connectivity index (χ1) is 5.25. The molecule has 1 fully saturated rings. The van der Waals surface area contributed by atoms with Crippen molar-refractivity contribution < 1.29 is 9.53 Å². The van der Waals surface area contributed by atoms with Crippen molar-refractivity contribution in [3.8, 4) is 0 Å². The van der Waals surface area contributed by atoms with Crippen molar-refractivity contribution in [1.29, 1.82) is 0 Å². The number of carbonyl (C=O) groups excluding carboxylic acids is 1. The lowest BCUT2D eigenvalue weighted by atomic mass is 10.1. The zero-order valence-corrected chi connectivity index (χ0v) is 6.67. The number of nitrogens with one attached hydrogen (secondary N) is 1. The van der Waals surface area contributed by atoms with Gasteiger partial charge in [0.05, 0.1) is 6.61 Å². The number of esters is 1. The second kappa shape index (κ2) is 3.69. The monoisotopic (exact) mass is 158 g/mol. The van der Waals surface area contributed by atoms with Gasteiger partial charge in [0.25, 0.3) is 0 Å². The summed E-state index contributed by atoms with van der Waals surface area (Å²) in [7, 11) is 0. The number of hydrogen-bond donors (Lipinski definition) is 2. The summed E-state index contributed by atoms with van der Waals surface area (Å²) in [5.41, 5.74) is 5.65. The summed E-state index contributed by atoms with van der Waals surface area (Å²) in [6.07, 6.45) is 0.851. The standard InChI is InChI=1S/C7H14N2O2/c1-2-11-7(10)6-5(8)3-4-9-6/h5-6,9H,2-4,8H2,1H3. The fourth-order valence-corrected chi connectivity index (χ4v) is 1.21. The Morgan fingerprint density at radius 2 is 2.55 bits per heavy atom. The van der Waals surface area contributed by atoms with Crippen molar-refractivity contribution in [3.05, 3.63) is 0 Å². The summed E-state index contributed by atoms with van der Waals surface area (Å²) in [5.74, 6) is -0.225. The van der Waals surface area contributed by atoms with Crippen molar-refractivity contribution in [2.24, 2.45) is 5.73 Å². The molecule has 0 saturated carbocycles. The van der Waals surface area contributed by atoms with Crippen molar-refractivity contribution >= 4 is 5.97 Å². The summed E-state index contributed by atoms with van der Waals surface area (Å²) in [6, 6.07) is -0.357. The summed E-state index contributed by atoms with van der Waals surface area (Å²) in [6.45, 7) is 3.02. The van der Waals surface area contributed by atoms with Gasteiger partial charge in [-0.2, -0.15) is 0 Å². The van der Waals surface area contributed by atoms with E-state index in [0.29, 0.717) is 6.61 Å². The van der Waals surface area contributed by atoms with Gasteiger partial charge in [0.2, 0.25) is 0 Å². The minimum absolute atomic E-state index is 0.0750. The second-order valence-electron chi connectivity index (χ2n) is 2.64. The zero-order valence-electron chi connectivity index (χ0n) is 6.67. The Kier molecular flexibility index (Phi) is 2.84. The molecule has 11 heavy (non-hydrogen) atoms. The van der Waals surface area contributed by atoms with Gasteiger partial charge in [-0.1, -0.05) is 0 Å². The number of hydrogen-bond acceptors (Lipinski definition) is 4. The van der Waals surface area contributed by atoms with Crippen LogP contribution in [0.15, 0.2) is 0 Å². The van der Waals surface area contributed by atoms with Crippen LogP contribution in [-0.2, 0) is 9.53 Å². The largest absolute Gasteiger partial charge is 0.465 e. The summed E-state index contributed by atoms with van der Waals surface area (Å²) >= 11 is 0. The number of carbonyl (C=O) groups is 1. The molecule has 0 radical (unpaired) electrons. The molecule has 4 heteroatoms. The third-order valence-corrected chi connectivity index (χ3v) is 1.81. The quantitative estimate of drug-likeness (QED) is 0.518. The average Bonchev–Trinajstić information content (AvgIpc) is 2.36. The Morgan fingerprint density at radius 3 is 3.00 bits per heavy atom. The molecule has 0 bridgehead atoms. The fraction of sp³-hybridized carbons (Fsp3) is 0.857. The maximum atomic E-state index is 11.1. The van der Waals surface area contributed by atoms with Crippen LogP contribution in [0.4, 0.5) is 0 Å². The van der Waals surface area contributed by atoms with Crippen LogP contribution in [0, 0.1) is 0 Å². The lowest BCUT2D eigenvalue weighted by Gasteiger charge is -2.12. The van der Waals surface area contributed by atoms with Gasteiger partial charge in [-0.15, -0.1) is 0 Å². The van der Waals surface area contributed by atoms with Crippen molar-refractivity contribution in [2.45, 2.75) is 25.4 Å². The molecule has 1 aliphatic rings. The molecule has 0 spiro atoms. The molecule has 0 amide bonds. The van der Waals surface area contributed by atoms with Gasteiger partial charge in [0, 0.05) is 6.04 Å². The van der Waals surface area contributed by atoms with Crippen molar-refractivity contribution in [1.82, 2.24) is 5.32 Å². The van der Waals surface area contributed by atoms with Gasteiger partial charge in [-0.3, -0.25) is 4.79 Å². The number of nitrogens with two attached hydrogens (primary N) is 1. The van der Waals surface area contributed by atoms with Crippen LogP contribution in [0.3, 0.4) is 0 Å². The Labute approximate surface area is 66.1 Å². The van der Waals surface area contributed by atoms with E-state index >= 15 is 0 Å². The van der Waals surface area contributed by atoms with Crippen LogP contribution >= 0.6 is 0 Å². The predicted octanol–water partition coefficient (Wildman–Crippen LogP) is -0.761. The molecule has 1 rings (SSSR count). The molecule has 0 aromatic carbocycles. The van der Waals surface area contributed by atoms with Gasteiger partial charge in [-0.25, -0.2) is 0 Å². The zero-order chi connectivity index (χ0) is 8.27. The lowest BCUT2D eigenvalue weighted by molar-refractivity contribution is -0.145. The molecular weight excluding hydrogens is 144 g/mol. The number of rotatable bonds is 2. The van der Waals surface area contributed by atoms with E-state index in [9.17, 15) is 4.79 Å². The van der Waals surface area contributed by atoms with Gasteiger partial charge in [-0.05, 0) is 19.9 Å². The van der Waals surface area contributed by atoms with Crippen molar-refractivity contribution in [2.75, 3.05) is 13.2 Å². The highest BCUT2D eigenvalue weighted by molar-refractivity contribution is 5.77. The Bertz CT molecular complexity index is 149. The smallest absolute Gasteiger partial charge is 0.324 e. The first kappa shape index (κ1) is 8.49. The minimum Gasteiger partial charge on any atom is -0.465 e. The molecule has 0 aliphatic carbocycles. The van der Waals surface area contributed by atoms with Gasteiger partial charge < -0.3 is 15.8 Å². The third-order valence-electron chi connectivity index (χ3n) is 1.81. The van der Waals surface area contributed by atoms with Gasteiger partial charge in [0.1, 0.15) is 6.04 Å². The van der Waals surface area contributed by atoms with Crippen LogP contribution in [0.1, 0.15) is 13.3 Å². The highest BCUT2D eigenvalue weighted by Crippen LogP contribution is 2.05. The van der Waals surface area contributed by atoms with E-state index in [1.54, 1.807) is 6.92 Å². The summed E-state index contributed by atoms with van der Waals surface area (Å²) in [5, 5.41) is 2.99. The normalized spacial score (nSPS) is 30.4. The summed E-state index contributed by atoms with van der Waals surface area (Å²) < 4.78 is 4.81. The van der Waals surface area contributed by atoms with Crippen LogP contribution in [-0.4, -0.2) is 31.2 Å². The molecule has 0 aromatic rings. The molecule has 2 unspecified atom stereocenters. The van der Waals surface area contributed by atoms with E-state index in [-0.39, 0.29) is 18.1 Å². The first-order valence-corrected chi connectivity index (χ1v) is 3.91. The van der Waals surface area contributed by atoms with E-state index in [1.807, 2.05) is 0 Å². The maximum Gasteiger partial charge on any atom is 0.324 e. The minimum atomic E-state index is -0.282. The SMILES string of the molecule is CCOC(=O)C1NCCC1N. The molecule has 4 nitrogen and oxygen atoms in total. The van der Waals surface area contributed by atoms with Gasteiger partial charge >= 0.3 is 5.97 Å². The first-order valence-electron chi connectivity index (χ1n) is 3.91. The predicted molar refractivity (Wildman–Crippen MR) is 41.0 cm³/mol. The lowest BCUT2D eigenvalue weighted by Crippen LogP contribution is -2.43. The topological polar surface area (TPSA) is 64.3 Å². The molecule has 64 valence electrons. The molecule has 3 N–H and O–H groups in total. The Hall–Kier alpha value is -0.610. The molecule has 0 aromatic heterocycles. The van der Waals surface area contributed by atoms with Crippen LogP contribution in [0.2, 0.25) is 0 Å². The number of ether oxygens (including phenoxy) is 1. The Balaban J connectivity index is 2.39. The van der Waals surface area contributed by atoms with Crippen molar-refractivity contribution in [3.63, 3.8) is 0 Å². The highest BCUT2D eigenvalue weighted by atomic mass is 16.5. The van der Waals surface area contributed by atoms with E-state index in [0.717, 1.165) is 13.0 Å². The van der Waals surface area contributed by atoms with E-state index in [2.05, 4.69) is 5.32 Å². The highest BCUT2D eigenvalue weighted by Gasteiger charge is 2.30. The molecule has 1 heterocycles. The van der Waals surface area contributed by atoms with Crippen LogP contribution in [0.25, 0.3) is 0 Å². The Morgan fingerprint density at radius 1 is 1.82 bits per heavy atom. The molecule has 2 atom stereocenters. The fourth-order valence-electron chi connectivity index (χ4n) is 1.21.